The van der Waals surface area contributed by atoms with Crippen LogP contribution in [0.2, 0.25) is 0 Å². The molecule has 2 nitrogen and oxygen atoms in total. The first-order chi connectivity index (χ1) is 10.1. The first-order valence-electron chi connectivity index (χ1n) is 9.47. The van der Waals surface area contributed by atoms with E-state index >= 15 is 0 Å². The van der Waals surface area contributed by atoms with Crippen LogP contribution in [0.5, 0.6) is 0 Å². The van der Waals surface area contributed by atoms with Crippen molar-refractivity contribution in [1.82, 2.24) is 10.2 Å². The van der Waals surface area contributed by atoms with Crippen molar-refractivity contribution in [3.63, 3.8) is 0 Å². The highest BCUT2D eigenvalue weighted by molar-refractivity contribution is 4.91. The second kappa shape index (κ2) is 7.97. The Balaban J connectivity index is 1.96. The van der Waals surface area contributed by atoms with Crippen LogP contribution in [0.25, 0.3) is 0 Å². The molecular formula is C19H38N2. The molecule has 0 aromatic rings. The van der Waals surface area contributed by atoms with Crippen molar-refractivity contribution >= 4 is 0 Å². The molecule has 2 rings (SSSR count). The molecule has 0 heterocycles. The number of hydrogen-bond donors (Lipinski definition) is 1. The van der Waals surface area contributed by atoms with E-state index in [0.717, 1.165) is 24.4 Å². The highest BCUT2D eigenvalue weighted by Crippen LogP contribution is 2.40. The summed E-state index contributed by atoms with van der Waals surface area (Å²) in [7, 11) is 2.40. The van der Waals surface area contributed by atoms with Crippen molar-refractivity contribution in [1.29, 1.82) is 0 Å². The maximum absolute atomic E-state index is 3.67. The third-order valence-corrected chi connectivity index (χ3v) is 6.30. The highest BCUT2D eigenvalue weighted by atomic mass is 15.1. The van der Waals surface area contributed by atoms with Crippen molar-refractivity contribution in [2.24, 2.45) is 17.3 Å². The van der Waals surface area contributed by atoms with Gasteiger partial charge < -0.3 is 10.2 Å². The molecule has 0 spiro atoms. The molecule has 0 amide bonds. The zero-order chi connectivity index (χ0) is 15.3. The minimum Gasteiger partial charge on any atom is -0.316 e. The third kappa shape index (κ3) is 4.69. The van der Waals surface area contributed by atoms with E-state index in [0.29, 0.717) is 5.41 Å². The van der Waals surface area contributed by atoms with E-state index in [1.165, 1.54) is 64.5 Å². The molecule has 0 aliphatic heterocycles. The Hall–Kier alpha value is -0.0800. The van der Waals surface area contributed by atoms with Gasteiger partial charge in [-0.1, -0.05) is 46.5 Å². The van der Waals surface area contributed by atoms with Gasteiger partial charge in [0.15, 0.2) is 0 Å². The number of hydrogen-bond acceptors (Lipinski definition) is 2. The van der Waals surface area contributed by atoms with Gasteiger partial charge in [-0.2, -0.15) is 0 Å². The molecule has 0 aromatic heterocycles. The lowest BCUT2D eigenvalue weighted by molar-refractivity contribution is 0.0511. The van der Waals surface area contributed by atoms with Crippen molar-refractivity contribution < 1.29 is 0 Å². The fourth-order valence-corrected chi connectivity index (χ4v) is 4.75. The molecule has 2 heteroatoms. The Morgan fingerprint density at radius 1 is 1.05 bits per heavy atom. The van der Waals surface area contributed by atoms with E-state index in [9.17, 15) is 0 Å². The first kappa shape index (κ1) is 17.3. The molecule has 1 N–H and O–H groups in total. The van der Waals surface area contributed by atoms with Gasteiger partial charge in [-0.25, -0.2) is 0 Å². The average Bonchev–Trinajstić information content (AvgIpc) is 2.48. The van der Waals surface area contributed by atoms with Gasteiger partial charge in [-0.3, -0.25) is 0 Å². The van der Waals surface area contributed by atoms with Crippen LogP contribution in [-0.4, -0.2) is 37.6 Å². The maximum Gasteiger partial charge on any atom is 0.0118 e. The summed E-state index contributed by atoms with van der Waals surface area (Å²) >= 11 is 0. The molecule has 2 unspecified atom stereocenters. The Morgan fingerprint density at radius 3 is 2.33 bits per heavy atom. The average molecular weight is 295 g/mol. The van der Waals surface area contributed by atoms with Crippen molar-refractivity contribution in [2.45, 2.75) is 78.2 Å². The summed E-state index contributed by atoms with van der Waals surface area (Å²) in [5.74, 6) is 1.83. The SMILES string of the molecule is CCNCC1(CN(C)C2CCCCC2C)CCC(C)CC1. The van der Waals surface area contributed by atoms with E-state index in [1.54, 1.807) is 0 Å². The first-order valence-corrected chi connectivity index (χ1v) is 9.47. The molecule has 0 aromatic carbocycles. The van der Waals surface area contributed by atoms with E-state index in [4.69, 9.17) is 0 Å². The lowest BCUT2D eigenvalue weighted by Crippen LogP contribution is -2.49. The molecule has 2 aliphatic carbocycles. The lowest BCUT2D eigenvalue weighted by Gasteiger charge is -2.46. The van der Waals surface area contributed by atoms with Gasteiger partial charge in [-0.05, 0) is 56.5 Å². The number of nitrogens with zero attached hydrogens (tertiary/aromatic N) is 1. The topological polar surface area (TPSA) is 15.3 Å². The minimum absolute atomic E-state index is 0.536. The second-order valence-corrected chi connectivity index (χ2v) is 8.21. The summed E-state index contributed by atoms with van der Waals surface area (Å²) in [5.41, 5.74) is 0.536. The summed E-state index contributed by atoms with van der Waals surface area (Å²) in [4.78, 5) is 2.73. The zero-order valence-electron chi connectivity index (χ0n) is 15.0. The summed E-state index contributed by atoms with van der Waals surface area (Å²) in [6, 6.07) is 0.830. The Morgan fingerprint density at radius 2 is 1.71 bits per heavy atom. The molecule has 2 fully saturated rings. The van der Waals surface area contributed by atoms with Crippen LogP contribution >= 0.6 is 0 Å². The fraction of sp³-hybridized carbons (Fsp3) is 1.00. The number of nitrogens with one attached hydrogen (secondary N) is 1. The Kier molecular flexibility index (Phi) is 6.55. The summed E-state index contributed by atoms with van der Waals surface area (Å²) in [6.45, 7) is 10.8. The van der Waals surface area contributed by atoms with Crippen LogP contribution in [0.4, 0.5) is 0 Å². The predicted molar refractivity (Wildman–Crippen MR) is 92.7 cm³/mol. The van der Waals surface area contributed by atoms with Gasteiger partial charge in [0.05, 0.1) is 0 Å². The van der Waals surface area contributed by atoms with Crippen molar-refractivity contribution in [3.05, 3.63) is 0 Å². The van der Waals surface area contributed by atoms with Crippen LogP contribution in [0, 0.1) is 17.3 Å². The molecule has 0 bridgehead atoms. The normalized spacial score (nSPS) is 37.9. The molecule has 0 saturated heterocycles. The maximum atomic E-state index is 3.67. The molecule has 2 aliphatic rings. The fourth-order valence-electron chi connectivity index (χ4n) is 4.75. The van der Waals surface area contributed by atoms with Gasteiger partial charge in [0, 0.05) is 19.1 Å². The summed E-state index contributed by atoms with van der Waals surface area (Å²) < 4.78 is 0. The molecule has 21 heavy (non-hydrogen) atoms. The lowest BCUT2D eigenvalue weighted by atomic mass is 9.70. The van der Waals surface area contributed by atoms with Crippen LogP contribution in [0.15, 0.2) is 0 Å². The number of rotatable bonds is 6. The van der Waals surface area contributed by atoms with Gasteiger partial charge in [0.1, 0.15) is 0 Å². The van der Waals surface area contributed by atoms with E-state index < -0.39 is 0 Å². The van der Waals surface area contributed by atoms with E-state index in [2.05, 4.69) is 38.0 Å². The smallest absolute Gasteiger partial charge is 0.0118 e. The second-order valence-electron chi connectivity index (χ2n) is 8.21. The van der Waals surface area contributed by atoms with Crippen molar-refractivity contribution in [2.75, 3.05) is 26.7 Å². The highest BCUT2D eigenvalue weighted by Gasteiger charge is 2.37. The van der Waals surface area contributed by atoms with Gasteiger partial charge in [0.25, 0.3) is 0 Å². The van der Waals surface area contributed by atoms with Crippen LogP contribution in [0.3, 0.4) is 0 Å². The van der Waals surface area contributed by atoms with E-state index in [-0.39, 0.29) is 0 Å². The van der Waals surface area contributed by atoms with Crippen LogP contribution in [-0.2, 0) is 0 Å². The molecule has 0 radical (unpaired) electrons. The predicted octanol–water partition coefficient (Wildman–Crippen LogP) is 4.30. The largest absolute Gasteiger partial charge is 0.316 e. The Labute approximate surface area is 133 Å². The van der Waals surface area contributed by atoms with E-state index in [1.807, 2.05) is 0 Å². The van der Waals surface area contributed by atoms with Gasteiger partial charge in [-0.15, -0.1) is 0 Å². The van der Waals surface area contributed by atoms with Gasteiger partial charge >= 0.3 is 0 Å². The van der Waals surface area contributed by atoms with Gasteiger partial charge in [0.2, 0.25) is 0 Å². The quantitative estimate of drug-likeness (QED) is 0.785. The molecular weight excluding hydrogens is 256 g/mol. The zero-order valence-corrected chi connectivity index (χ0v) is 15.0. The summed E-state index contributed by atoms with van der Waals surface area (Å²) in [6.07, 6.45) is 11.5. The summed E-state index contributed by atoms with van der Waals surface area (Å²) in [5, 5.41) is 3.67. The third-order valence-electron chi connectivity index (χ3n) is 6.30. The molecule has 2 saturated carbocycles. The van der Waals surface area contributed by atoms with Crippen LogP contribution in [0.1, 0.15) is 72.1 Å². The van der Waals surface area contributed by atoms with Crippen molar-refractivity contribution in [3.8, 4) is 0 Å². The van der Waals surface area contributed by atoms with Crippen LogP contribution < -0.4 is 5.32 Å². The minimum atomic E-state index is 0.536. The molecule has 124 valence electrons. The monoisotopic (exact) mass is 294 g/mol. The molecule has 2 atom stereocenters. The standard InChI is InChI=1S/C19H38N2/c1-5-20-14-19(12-10-16(2)11-13-19)15-21(4)18-9-7-6-8-17(18)3/h16-18,20H,5-15H2,1-4H3. The Bertz CT molecular complexity index is 288.